The molecule has 12 heteroatoms. The van der Waals surface area contributed by atoms with E-state index in [2.05, 4.69) is 15.9 Å². The summed E-state index contributed by atoms with van der Waals surface area (Å²) in [6, 6.07) is 4.79. The number of fused-ring (bicyclic) bond motifs is 1. The van der Waals surface area contributed by atoms with Crippen LogP contribution in [0, 0.1) is 5.41 Å². The number of nitrogens with zero attached hydrogens (tertiary/aromatic N) is 2. The molecule has 2 aromatic rings. The molecule has 0 saturated heterocycles. The lowest BCUT2D eigenvalue weighted by Crippen LogP contribution is -2.46. The molecule has 3 rings (SSSR count). The predicted octanol–water partition coefficient (Wildman–Crippen LogP) is 8.27. The van der Waals surface area contributed by atoms with Gasteiger partial charge in [-0.25, -0.2) is 4.79 Å². The highest BCUT2D eigenvalue weighted by Crippen LogP contribution is 2.45. The van der Waals surface area contributed by atoms with Crippen molar-refractivity contribution in [2.75, 3.05) is 4.90 Å². The lowest BCUT2D eigenvalue weighted by molar-refractivity contribution is -0.143. The number of carbonyl (C=O) groups is 2. The number of carbonyl (C=O) groups excluding carboxylic acids is 1. The zero-order valence-electron chi connectivity index (χ0n) is 21.0. The first kappa shape index (κ1) is 29.8. The Bertz CT molecular complexity index is 1190. The molecule has 1 aliphatic rings. The van der Waals surface area contributed by atoms with Gasteiger partial charge in [0.25, 0.3) is 0 Å². The minimum Gasteiger partial charge on any atom is -0.465 e. The quantitative estimate of drug-likeness (QED) is 0.357. The molecule has 38 heavy (non-hydrogen) atoms. The molecule has 2 aromatic carbocycles. The normalized spacial score (nSPS) is 18.6. The Labute approximate surface area is 224 Å². The third kappa shape index (κ3) is 6.44. The van der Waals surface area contributed by atoms with Crippen molar-refractivity contribution in [2.45, 2.75) is 71.5 Å². The Morgan fingerprint density at radius 1 is 0.974 bits per heavy atom. The molecule has 0 spiro atoms. The van der Waals surface area contributed by atoms with Gasteiger partial charge in [0.2, 0.25) is 5.91 Å². The summed E-state index contributed by atoms with van der Waals surface area (Å²) in [4.78, 5) is 27.7. The molecule has 0 aromatic heterocycles. The summed E-state index contributed by atoms with van der Waals surface area (Å²) in [5.41, 5.74) is -3.08. The van der Waals surface area contributed by atoms with Gasteiger partial charge in [0, 0.05) is 24.0 Å². The topological polar surface area (TPSA) is 60.9 Å². The summed E-state index contributed by atoms with van der Waals surface area (Å²) in [6.45, 7) is 6.26. The Hall–Kier alpha value is -2.76. The van der Waals surface area contributed by atoms with Crippen LogP contribution in [0.5, 0.6) is 0 Å². The average Bonchev–Trinajstić information content (AvgIpc) is 2.92. The number of carboxylic acid groups (broad SMARTS) is 1. The number of anilines is 1. The minimum atomic E-state index is -5.03. The molecular weight excluding hydrogens is 582 g/mol. The van der Waals surface area contributed by atoms with Crippen LogP contribution in [-0.2, 0) is 23.7 Å². The molecule has 2 unspecified atom stereocenters. The van der Waals surface area contributed by atoms with Crippen LogP contribution >= 0.6 is 15.9 Å². The highest BCUT2D eigenvalue weighted by molar-refractivity contribution is 9.10. The van der Waals surface area contributed by atoms with Crippen molar-refractivity contribution in [3.05, 3.63) is 63.1 Å². The summed E-state index contributed by atoms with van der Waals surface area (Å²) < 4.78 is 81.2. The minimum absolute atomic E-state index is 0.0404. The second-order valence-corrected chi connectivity index (χ2v) is 11.3. The van der Waals surface area contributed by atoms with Crippen molar-refractivity contribution in [3.8, 4) is 0 Å². The van der Waals surface area contributed by atoms with Crippen LogP contribution in [0.3, 0.4) is 0 Å². The number of hydrogen-bond donors (Lipinski definition) is 1. The Morgan fingerprint density at radius 2 is 1.53 bits per heavy atom. The van der Waals surface area contributed by atoms with Crippen LogP contribution in [-0.4, -0.2) is 28.0 Å². The Balaban J connectivity index is 2.17. The van der Waals surface area contributed by atoms with Gasteiger partial charge < -0.3 is 10.0 Å². The second kappa shape index (κ2) is 10.4. The average molecular weight is 609 g/mol. The standard InChI is InChI=1S/C26H27BrF6N2O3/c1-14(36)34(13-15-9-16(25(28,29)30)11-17(10-15)26(31,32)33)20-7-8-22(24(2,3)4)35(23(37)38)21-12-18(27)5-6-19(20)21/h5-6,9-12,20,22H,7-8,13H2,1-4H3,(H,37,38). The largest absolute Gasteiger partial charge is 0.465 e. The van der Waals surface area contributed by atoms with E-state index < -0.39 is 59.5 Å². The summed E-state index contributed by atoms with van der Waals surface area (Å²) in [5, 5.41) is 10.1. The van der Waals surface area contributed by atoms with E-state index in [-0.39, 0.29) is 18.1 Å². The SMILES string of the molecule is CC(=O)N(Cc1cc(C(F)(F)F)cc(C(F)(F)F)c1)C1CCC(C(C)(C)C)N(C(=O)O)c2cc(Br)ccc21. The van der Waals surface area contributed by atoms with Crippen LogP contribution in [0.2, 0.25) is 0 Å². The fourth-order valence-corrected chi connectivity index (χ4v) is 5.25. The molecule has 5 nitrogen and oxygen atoms in total. The predicted molar refractivity (Wildman–Crippen MR) is 133 cm³/mol. The molecule has 0 saturated carbocycles. The second-order valence-electron chi connectivity index (χ2n) is 10.4. The van der Waals surface area contributed by atoms with E-state index in [1.807, 2.05) is 20.8 Å². The van der Waals surface area contributed by atoms with Crippen molar-refractivity contribution in [1.29, 1.82) is 0 Å². The number of hydrogen-bond acceptors (Lipinski definition) is 2. The third-order valence-corrected chi connectivity index (χ3v) is 7.12. The maximum absolute atomic E-state index is 13.4. The third-order valence-electron chi connectivity index (χ3n) is 6.62. The fourth-order valence-electron chi connectivity index (χ4n) is 4.90. The number of benzene rings is 2. The maximum atomic E-state index is 13.4. The first-order chi connectivity index (χ1) is 17.3. The van der Waals surface area contributed by atoms with E-state index in [0.717, 1.165) is 0 Å². The smallest absolute Gasteiger partial charge is 0.416 e. The Morgan fingerprint density at radius 3 is 1.97 bits per heavy atom. The molecule has 208 valence electrons. The van der Waals surface area contributed by atoms with Crippen LogP contribution in [0.15, 0.2) is 40.9 Å². The molecule has 2 amide bonds. The van der Waals surface area contributed by atoms with Gasteiger partial charge in [0.1, 0.15) is 0 Å². The molecule has 0 bridgehead atoms. The first-order valence-electron chi connectivity index (χ1n) is 11.7. The van der Waals surface area contributed by atoms with Crippen LogP contribution in [0.1, 0.15) is 68.8 Å². The van der Waals surface area contributed by atoms with Gasteiger partial charge in [-0.1, -0.05) is 42.8 Å². The molecule has 1 aliphatic heterocycles. The van der Waals surface area contributed by atoms with Gasteiger partial charge in [-0.2, -0.15) is 26.3 Å². The fraction of sp³-hybridized carbons (Fsp3) is 0.462. The summed E-state index contributed by atoms with van der Waals surface area (Å²) in [5.74, 6) is -0.578. The monoisotopic (exact) mass is 608 g/mol. The van der Waals surface area contributed by atoms with E-state index in [9.17, 15) is 41.0 Å². The van der Waals surface area contributed by atoms with Gasteiger partial charge in [0.15, 0.2) is 0 Å². The van der Waals surface area contributed by atoms with Crippen molar-refractivity contribution >= 4 is 33.6 Å². The van der Waals surface area contributed by atoms with E-state index in [1.165, 1.54) is 16.7 Å². The van der Waals surface area contributed by atoms with Crippen LogP contribution in [0.25, 0.3) is 0 Å². The van der Waals surface area contributed by atoms with E-state index >= 15 is 0 Å². The molecule has 0 radical (unpaired) electrons. The maximum Gasteiger partial charge on any atom is 0.416 e. The van der Waals surface area contributed by atoms with Gasteiger partial charge in [-0.05, 0) is 59.7 Å². The van der Waals surface area contributed by atoms with E-state index in [0.29, 0.717) is 34.3 Å². The number of amides is 2. The number of alkyl halides is 6. The van der Waals surface area contributed by atoms with Gasteiger partial charge in [0.05, 0.1) is 22.9 Å². The number of rotatable bonds is 3. The van der Waals surface area contributed by atoms with Crippen LogP contribution < -0.4 is 4.90 Å². The van der Waals surface area contributed by atoms with Crippen LogP contribution in [0.4, 0.5) is 36.8 Å². The van der Waals surface area contributed by atoms with Gasteiger partial charge >= 0.3 is 18.4 Å². The Kier molecular flexibility index (Phi) is 8.17. The van der Waals surface area contributed by atoms with Gasteiger partial charge in [-0.15, -0.1) is 0 Å². The summed E-state index contributed by atoms with van der Waals surface area (Å²) in [6.07, 6.45) is -10.7. The van der Waals surface area contributed by atoms with Crippen molar-refractivity contribution in [1.82, 2.24) is 4.90 Å². The van der Waals surface area contributed by atoms with Crippen molar-refractivity contribution in [3.63, 3.8) is 0 Å². The lowest BCUT2D eigenvalue weighted by Gasteiger charge is -2.38. The molecule has 1 N–H and O–H groups in total. The highest BCUT2D eigenvalue weighted by Gasteiger charge is 2.42. The highest BCUT2D eigenvalue weighted by atomic mass is 79.9. The lowest BCUT2D eigenvalue weighted by atomic mass is 9.83. The molecule has 1 heterocycles. The molecule has 0 aliphatic carbocycles. The molecule has 2 atom stereocenters. The molecule has 0 fully saturated rings. The first-order valence-corrected chi connectivity index (χ1v) is 12.5. The van der Waals surface area contributed by atoms with Crippen molar-refractivity contribution in [2.24, 2.45) is 5.41 Å². The summed E-state index contributed by atoms with van der Waals surface area (Å²) >= 11 is 3.34. The zero-order valence-corrected chi connectivity index (χ0v) is 22.6. The van der Waals surface area contributed by atoms with E-state index in [1.54, 1.807) is 18.2 Å². The van der Waals surface area contributed by atoms with Crippen molar-refractivity contribution < 1.29 is 41.0 Å². The number of halogens is 7. The molecular formula is C26H27BrF6N2O3. The summed E-state index contributed by atoms with van der Waals surface area (Å²) in [7, 11) is 0. The zero-order chi connectivity index (χ0) is 28.8. The van der Waals surface area contributed by atoms with Gasteiger partial charge in [-0.3, -0.25) is 9.69 Å². The van der Waals surface area contributed by atoms with E-state index in [4.69, 9.17) is 0 Å².